The van der Waals surface area contributed by atoms with Crippen LogP contribution in [0.25, 0.3) is 10.9 Å². The molecule has 0 bridgehead atoms. The van der Waals surface area contributed by atoms with Crippen molar-refractivity contribution in [1.29, 1.82) is 0 Å². The molecule has 96 valence electrons. The largest absolute Gasteiger partial charge is 0.253 e. The van der Waals surface area contributed by atoms with E-state index in [1.165, 1.54) is 27.6 Å². The van der Waals surface area contributed by atoms with E-state index in [4.69, 9.17) is 4.98 Å². The molecule has 0 aliphatic carbocycles. The van der Waals surface area contributed by atoms with Gasteiger partial charge in [-0.1, -0.05) is 39.8 Å². The van der Waals surface area contributed by atoms with Crippen molar-refractivity contribution in [2.24, 2.45) is 0 Å². The zero-order valence-electron chi connectivity index (χ0n) is 12.3. The van der Waals surface area contributed by atoms with E-state index in [9.17, 15) is 0 Å². The monoisotopic (exact) mass is 241 g/mol. The van der Waals surface area contributed by atoms with Crippen molar-refractivity contribution in [2.45, 2.75) is 53.4 Å². The number of fused-ring (bicyclic) bond motifs is 1. The molecule has 0 saturated heterocycles. The molecule has 0 spiro atoms. The van der Waals surface area contributed by atoms with Gasteiger partial charge in [-0.05, 0) is 48.4 Å². The molecule has 0 atom stereocenters. The molecule has 0 saturated carbocycles. The Morgan fingerprint density at radius 1 is 0.889 bits per heavy atom. The second-order valence-corrected chi connectivity index (χ2v) is 5.84. The molecular weight excluding hydrogens is 218 g/mol. The highest BCUT2D eigenvalue weighted by Gasteiger charge is 2.13. The van der Waals surface area contributed by atoms with E-state index >= 15 is 0 Å². The summed E-state index contributed by atoms with van der Waals surface area (Å²) in [5, 5.41) is 1.33. The summed E-state index contributed by atoms with van der Waals surface area (Å²) in [6, 6.07) is 6.84. The highest BCUT2D eigenvalue weighted by atomic mass is 14.7. The summed E-state index contributed by atoms with van der Waals surface area (Å²) >= 11 is 0. The Kier molecular flexibility index (Phi) is 3.43. The average Bonchev–Trinajstić information content (AvgIpc) is 2.28. The lowest BCUT2D eigenvalue weighted by molar-refractivity contribution is 0.855. The molecule has 1 aromatic carbocycles. The molecule has 2 aromatic rings. The third kappa shape index (κ3) is 2.14. The summed E-state index contributed by atoms with van der Waals surface area (Å²) in [5.74, 6) is 1.06. The van der Waals surface area contributed by atoms with Gasteiger partial charge in [-0.25, -0.2) is 0 Å². The van der Waals surface area contributed by atoms with Crippen LogP contribution in [0.15, 0.2) is 18.2 Å². The van der Waals surface area contributed by atoms with Crippen LogP contribution in [0, 0.1) is 13.8 Å². The Labute approximate surface area is 110 Å². The van der Waals surface area contributed by atoms with E-state index in [1.54, 1.807) is 0 Å². The third-order valence-corrected chi connectivity index (χ3v) is 3.74. The topological polar surface area (TPSA) is 12.9 Å². The maximum absolute atomic E-state index is 4.84. The van der Waals surface area contributed by atoms with Crippen LogP contribution < -0.4 is 0 Å². The van der Waals surface area contributed by atoms with Gasteiger partial charge in [0.25, 0.3) is 0 Å². The fraction of sp³-hybridized carbons (Fsp3) is 0.471. The number of pyridine rings is 1. The van der Waals surface area contributed by atoms with Crippen LogP contribution in [0.5, 0.6) is 0 Å². The molecule has 18 heavy (non-hydrogen) atoms. The van der Waals surface area contributed by atoms with E-state index in [-0.39, 0.29) is 0 Å². The first-order chi connectivity index (χ1) is 8.41. The first-order valence-electron chi connectivity index (χ1n) is 6.82. The number of nitrogens with zero attached hydrogens (tertiary/aromatic N) is 1. The quantitative estimate of drug-likeness (QED) is 0.713. The van der Waals surface area contributed by atoms with Crippen molar-refractivity contribution >= 4 is 10.9 Å². The molecule has 0 fully saturated rings. The maximum atomic E-state index is 4.84. The minimum absolute atomic E-state index is 0.517. The van der Waals surface area contributed by atoms with Crippen LogP contribution >= 0.6 is 0 Å². The molecule has 2 rings (SSSR count). The molecule has 0 radical (unpaired) electrons. The van der Waals surface area contributed by atoms with Crippen LogP contribution in [0.4, 0.5) is 0 Å². The molecule has 1 nitrogen and oxygen atoms in total. The zero-order chi connectivity index (χ0) is 13.4. The van der Waals surface area contributed by atoms with Crippen molar-refractivity contribution in [3.05, 3.63) is 40.6 Å². The highest BCUT2D eigenvalue weighted by Crippen LogP contribution is 2.31. The zero-order valence-corrected chi connectivity index (χ0v) is 12.3. The van der Waals surface area contributed by atoms with E-state index < -0.39 is 0 Å². The minimum Gasteiger partial charge on any atom is -0.253 e. The van der Waals surface area contributed by atoms with E-state index in [0.29, 0.717) is 11.8 Å². The molecule has 0 amide bonds. The maximum Gasteiger partial charge on any atom is 0.0742 e. The predicted molar refractivity (Wildman–Crippen MR) is 79.4 cm³/mol. The van der Waals surface area contributed by atoms with Crippen LogP contribution in [0.2, 0.25) is 0 Å². The molecule has 0 aliphatic rings. The smallest absolute Gasteiger partial charge is 0.0742 e. The number of rotatable bonds is 2. The second kappa shape index (κ2) is 4.72. The lowest BCUT2D eigenvalue weighted by Gasteiger charge is -2.16. The summed E-state index contributed by atoms with van der Waals surface area (Å²) in [7, 11) is 0. The SMILES string of the molecule is Cc1cc2c(C(C)C)ccc(C(C)C)c2nc1C. The van der Waals surface area contributed by atoms with Crippen LogP contribution in [-0.2, 0) is 0 Å². The van der Waals surface area contributed by atoms with Gasteiger partial charge in [-0.2, -0.15) is 0 Å². The van der Waals surface area contributed by atoms with Crippen molar-refractivity contribution in [3.8, 4) is 0 Å². The Balaban J connectivity index is 2.86. The summed E-state index contributed by atoms with van der Waals surface area (Å²) in [5.41, 5.74) is 6.39. The van der Waals surface area contributed by atoms with Gasteiger partial charge >= 0.3 is 0 Å². The van der Waals surface area contributed by atoms with Crippen molar-refractivity contribution in [2.75, 3.05) is 0 Å². The number of aromatic nitrogens is 1. The molecule has 1 heterocycles. The lowest BCUT2D eigenvalue weighted by atomic mass is 9.91. The number of hydrogen-bond acceptors (Lipinski definition) is 1. The van der Waals surface area contributed by atoms with Gasteiger partial charge in [0.2, 0.25) is 0 Å². The minimum atomic E-state index is 0.517. The van der Waals surface area contributed by atoms with Gasteiger partial charge in [-0.15, -0.1) is 0 Å². The van der Waals surface area contributed by atoms with E-state index in [0.717, 1.165) is 5.69 Å². The van der Waals surface area contributed by atoms with Gasteiger partial charge in [0.05, 0.1) is 5.52 Å². The first kappa shape index (κ1) is 13.1. The van der Waals surface area contributed by atoms with Crippen LogP contribution in [0.1, 0.15) is 61.9 Å². The van der Waals surface area contributed by atoms with Gasteiger partial charge in [0, 0.05) is 11.1 Å². The third-order valence-electron chi connectivity index (χ3n) is 3.74. The summed E-state index contributed by atoms with van der Waals surface area (Å²) in [6.45, 7) is 13.2. The van der Waals surface area contributed by atoms with Gasteiger partial charge < -0.3 is 0 Å². The van der Waals surface area contributed by atoms with Gasteiger partial charge in [-0.3, -0.25) is 4.98 Å². The summed E-state index contributed by atoms with van der Waals surface area (Å²) in [6.07, 6.45) is 0. The Morgan fingerprint density at radius 3 is 2.00 bits per heavy atom. The molecule has 0 N–H and O–H groups in total. The molecule has 1 aromatic heterocycles. The Bertz CT molecular complexity index is 527. The van der Waals surface area contributed by atoms with E-state index in [2.05, 4.69) is 59.7 Å². The van der Waals surface area contributed by atoms with Gasteiger partial charge in [0.1, 0.15) is 0 Å². The second-order valence-electron chi connectivity index (χ2n) is 5.84. The Hall–Kier alpha value is -1.37. The lowest BCUT2D eigenvalue weighted by Crippen LogP contribution is -1.99. The summed E-state index contributed by atoms with van der Waals surface area (Å²) < 4.78 is 0. The summed E-state index contributed by atoms with van der Waals surface area (Å²) in [4.78, 5) is 4.84. The average molecular weight is 241 g/mol. The number of aryl methyl sites for hydroxylation is 2. The number of benzene rings is 1. The van der Waals surface area contributed by atoms with Gasteiger partial charge in [0.15, 0.2) is 0 Å². The standard InChI is InChI=1S/C17H23N/c1-10(2)14-7-8-15(11(3)4)17-16(14)9-12(5)13(6)18-17/h7-11H,1-6H3. The molecule has 1 heteroatoms. The molecule has 0 unspecified atom stereocenters. The fourth-order valence-corrected chi connectivity index (χ4v) is 2.46. The predicted octanol–water partition coefficient (Wildman–Crippen LogP) is 5.10. The van der Waals surface area contributed by atoms with Crippen molar-refractivity contribution in [3.63, 3.8) is 0 Å². The Morgan fingerprint density at radius 2 is 1.44 bits per heavy atom. The fourth-order valence-electron chi connectivity index (χ4n) is 2.46. The molecular formula is C17H23N. The van der Waals surface area contributed by atoms with Crippen molar-refractivity contribution < 1.29 is 0 Å². The number of hydrogen-bond donors (Lipinski definition) is 0. The molecule has 0 aliphatic heterocycles. The van der Waals surface area contributed by atoms with Crippen LogP contribution in [-0.4, -0.2) is 4.98 Å². The van der Waals surface area contributed by atoms with E-state index in [1.807, 2.05) is 0 Å². The highest BCUT2D eigenvalue weighted by molar-refractivity contribution is 5.87. The normalized spacial score (nSPS) is 11.8. The van der Waals surface area contributed by atoms with Crippen molar-refractivity contribution in [1.82, 2.24) is 4.98 Å². The van der Waals surface area contributed by atoms with Crippen LogP contribution in [0.3, 0.4) is 0 Å². The first-order valence-corrected chi connectivity index (χ1v) is 6.82.